The maximum absolute atomic E-state index is 12.9. The number of carbonyl (C=O) groups is 4. The minimum Gasteiger partial charge on any atom is -0.459 e. The van der Waals surface area contributed by atoms with Crippen LogP contribution in [0.25, 0.3) is 0 Å². The van der Waals surface area contributed by atoms with E-state index in [9.17, 15) is 19.2 Å². The van der Waals surface area contributed by atoms with Gasteiger partial charge in [0, 0.05) is 82.9 Å². The lowest BCUT2D eigenvalue weighted by atomic mass is 10.1. The van der Waals surface area contributed by atoms with Crippen molar-refractivity contribution in [3.05, 3.63) is 0 Å². The third kappa shape index (κ3) is 22.4. The van der Waals surface area contributed by atoms with Crippen molar-refractivity contribution in [2.75, 3.05) is 90.8 Å². The summed E-state index contributed by atoms with van der Waals surface area (Å²) in [6, 6.07) is 0. The molecule has 2 saturated heterocycles. The average molecular weight is 746 g/mol. The Hall–Kier alpha value is -1.58. The van der Waals surface area contributed by atoms with Gasteiger partial charge in [0.05, 0.1) is 19.6 Å². The van der Waals surface area contributed by atoms with Gasteiger partial charge in [0.2, 0.25) is 5.91 Å². The molecule has 2 aliphatic rings. The standard InChI is InChI=1S/C36H67N5O7S2/c1-34(2,3)46-31(43)26-39-19-17-38(16-15-37-30(42)13-11-10-12-29-14-25-49-50-29)18-20-40(27-32(44)47-35(4,5)6)22-24-41(23-21-39)28-33(45)48-36(7,8)9/h29H,10-28H2,1-9H3,(H,37,42). The number of ether oxygens (including phenoxy) is 3. The number of hydrogen-bond donors (Lipinski definition) is 1. The molecule has 0 bridgehead atoms. The monoisotopic (exact) mass is 745 g/mol. The van der Waals surface area contributed by atoms with Crippen molar-refractivity contribution in [1.29, 1.82) is 0 Å². The average Bonchev–Trinajstić information content (AvgIpc) is 3.47. The molecular weight excluding hydrogens is 679 g/mol. The Bertz CT molecular complexity index is 1010. The maximum atomic E-state index is 12.9. The van der Waals surface area contributed by atoms with Crippen molar-refractivity contribution >= 4 is 45.4 Å². The molecule has 0 saturated carbocycles. The fourth-order valence-electron chi connectivity index (χ4n) is 5.61. The van der Waals surface area contributed by atoms with Gasteiger partial charge >= 0.3 is 17.9 Å². The van der Waals surface area contributed by atoms with Crippen LogP contribution in [0.15, 0.2) is 0 Å². The van der Waals surface area contributed by atoms with E-state index >= 15 is 0 Å². The summed E-state index contributed by atoms with van der Waals surface area (Å²) in [6.45, 7) is 22.8. The Balaban J connectivity index is 2.11. The summed E-state index contributed by atoms with van der Waals surface area (Å²) in [6.07, 6.45) is 4.97. The van der Waals surface area contributed by atoms with Crippen LogP contribution in [0.3, 0.4) is 0 Å². The minimum atomic E-state index is -0.606. The number of hydrogen-bond acceptors (Lipinski definition) is 13. The van der Waals surface area contributed by atoms with E-state index in [1.807, 2.05) is 88.8 Å². The fraction of sp³-hybridized carbons (Fsp3) is 0.889. The fourth-order valence-corrected chi connectivity index (χ4v) is 8.64. The first-order valence-corrected chi connectivity index (χ1v) is 20.7. The van der Waals surface area contributed by atoms with Gasteiger partial charge in [0.1, 0.15) is 16.8 Å². The van der Waals surface area contributed by atoms with Gasteiger partial charge in [-0.15, -0.1) is 0 Å². The molecule has 0 aliphatic carbocycles. The SMILES string of the molecule is CC(C)(C)OC(=O)CN1CCN(CCNC(=O)CCCCC2CCSS2)CCN(CC(=O)OC(C)(C)C)CCN(CC(=O)OC(C)(C)C)CC1. The van der Waals surface area contributed by atoms with Crippen LogP contribution >= 0.6 is 21.6 Å². The Morgan fingerprint density at radius 1 is 0.620 bits per heavy atom. The van der Waals surface area contributed by atoms with Crippen LogP contribution in [0.5, 0.6) is 0 Å². The second kappa shape index (κ2) is 21.8. The topological polar surface area (TPSA) is 121 Å². The van der Waals surface area contributed by atoms with Crippen LogP contribution in [0.2, 0.25) is 0 Å². The van der Waals surface area contributed by atoms with Crippen LogP contribution in [0.4, 0.5) is 0 Å². The molecule has 50 heavy (non-hydrogen) atoms. The summed E-state index contributed by atoms with van der Waals surface area (Å²) < 4.78 is 16.9. The van der Waals surface area contributed by atoms with Gasteiger partial charge in [0.25, 0.3) is 0 Å². The summed E-state index contributed by atoms with van der Waals surface area (Å²) in [4.78, 5) is 59.8. The molecular formula is C36H67N5O7S2. The normalized spacial score (nSPS) is 20.1. The van der Waals surface area contributed by atoms with Crippen molar-refractivity contribution in [2.24, 2.45) is 0 Å². The van der Waals surface area contributed by atoms with Crippen LogP contribution in [0.1, 0.15) is 94.4 Å². The van der Waals surface area contributed by atoms with Crippen LogP contribution in [-0.2, 0) is 33.4 Å². The summed E-state index contributed by atoms with van der Waals surface area (Å²) in [7, 11) is 3.94. The summed E-state index contributed by atoms with van der Waals surface area (Å²) in [5.41, 5.74) is -1.79. The molecule has 0 aromatic carbocycles. The van der Waals surface area contributed by atoms with Gasteiger partial charge < -0.3 is 19.5 Å². The highest BCUT2D eigenvalue weighted by molar-refractivity contribution is 8.77. The van der Waals surface area contributed by atoms with Crippen LogP contribution in [-0.4, -0.2) is 156 Å². The molecule has 0 spiro atoms. The van der Waals surface area contributed by atoms with E-state index in [4.69, 9.17) is 14.2 Å². The number of esters is 3. The molecule has 0 aromatic heterocycles. The maximum Gasteiger partial charge on any atom is 0.320 e. The van der Waals surface area contributed by atoms with E-state index in [0.29, 0.717) is 71.9 Å². The molecule has 1 amide bonds. The molecule has 0 radical (unpaired) electrons. The van der Waals surface area contributed by atoms with E-state index in [-0.39, 0.29) is 43.4 Å². The molecule has 1 atom stereocenters. The molecule has 1 unspecified atom stereocenters. The first-order valence-electron chi connectivity index (χ1n) is 18.4. The van der Waals surface area contributed by atoms with E-state index in [2.05, 4.69) is 20.0 Å². The Morgan fingerprint density at radius 2 is 1.02 bits per heavy atom. The van der Waals surface area contributed by atoms with Gasteiger partial charge in [0.15, 0.2) is 0 Å². The highest BCUT2D eigenvalue weighted by atomic mass is 33.1. The highest BCUT2D eigenvalue weighted by Crippen LogP contribution is 2.39. The molecule has 1 N–H and O–H groups in total. The first kappa shape index (κ1) is 44.6. The second-order valence-electron chi connectivity index (χ2n) is 16.4. The van der Waals surface area contributed by atoms with E-state index in [0.717, 1.165) is 18.1 Å². The van der Waals surface area contributed by atoms with Crippen molar-refractivity contribution in [3.63, 3.8) is 0 Å². The third-order valence-corrected chi connectivity index (χ3v) is 10.9. The molecule has 290 valence electrons. The second-order valence-corrected chi connectivity index (χ2v) is 19.1. The number of carbonyl (C=O) groups excluding carboxylic acids is 4. The quantitative estimate of drug-likeness (QED) is 0.119. The Morgan fingerprint density at radius 3 is 1.38 bits per heavy atom. The zero-order chi connectivity index (χ0) is 37.4. The van der Waals surface area contributed by atoms with Crippen molar-refractivity contribution in [3.8, 4) is 0 Å². The van der Waals surface area contributed by atoms with Crippen LogP contribution < -0.4 is 5.32 Å². The smallest absolute Gasteiger partial charge is 0.320 e. The van der Waals surface area contributed by atoms with E-state index in [1.54, 1.807) is 0 Å². The molecule has 2 heterocycles. The minimum absolute atomic E-state index is 0.0796. The van der Waals surface area contributed by atoms with Crippen molar-refractivity contribution in [2.45, 2.75) is 116 Å². The van der Waals surface area contributed by atoms with Crippen LogP contribution in [0, 0.1) is 0 Å². The van der Waals surface area contributed by atoms with Gasteiger partial charge in [-0.1, -0.05) is 28.0 Å². The summed E-state index contributed by atoms with van der Waals surface area (Å²) in [5, 5.41) is 3.84. The van der Waals surface area contributed by atoms with Gasteiger partial charge in [-0.05, 0) is 81.6 Å². The van der Waals surface area contributed by atoms with Gasteiger partial charge in [-0.25, -0.2) is 0 Å². The number of unbranched alkanes of at least 4 members (excludes halogenated alkanes) is 1. The predicted molar refractivity (Wildman–Crippen MR) is 203 cm³/mol. The Kier molecular flexibility index (Phi) is 19.5. The lowest BCUT2D eigenvalue weighted by Gasteiger charge is -2.34. The van der Waals surface area contributed by atoms with Gasteiger partial charge in [-0.2, -0.15) is 0 Å². The molecule has 2 fully saturated rings. The summed E-state index contributed by atoms with van der Waals surface area (Å²) in [5.74, 6) is 0.404. The highest BCUT2D eigenvalue weighted by Gasteiger charge is 2.25. The van der Waals surface area contributed by atoms with E-state index < -0.39 is 16.8 Å². The summed E-state index contributed by atoms with van der Waals surface area (Å²) >= 11 is 0. The predicted octanol–water partition coefficient (Wildman–Crippen LogP) is 4.06. The van der Waals surface area contributed by atoms with E-state index in [1.165, 1.54) is 18.6 Å². The largest absolute Gasteiger partial charge is 0.459 e. The first-order chi connectivity index (χ1) is 23.3. The molecule has 2 aliphatic heterocycles. The molecule has 14 heteroatoms. The molecule has 2 rings (SSSR count). The van der Waals surface area contributed by atoms with Crippen molar-refractivity contribution < 1.29 is 33.4 Å². The molecule has 0 aromatic rings. The Labute approximate surface area is 310 Å². The number of nitrogens with zero attached hydrogens (tertiary/aromatic N) is 4. The lowest BCUT2D eigenvalue weighted by molar-refractivity contribution is -0.158. The number of rotatable bonds is 14. The zero-order valence-electron chi connectivity index (χ0n) is 32.5. The third-order valence-electron chi connectivity index (χ3n) is 7.91. The van der Waals surface area contributed by atoms with Gasteiger partial charge in [-0.3, -0.25) is 38.8 Å². The number of amides is 1. The molecule has 12 nitrogen and oxygen atoms in total. The lowest BCUT2D eigenvalue weighted by Crippen LogP contribution is -2.50. The number of nitrogens with one attached hydrogen (secondary N) is 1. The zero-order valence-corrected chi connectivity index (χ0v) is 34.1. The van der Waals surface area contributed by atoms with Crippen molar-refractivity contribution in [1.82, 2.24) is 24.9 Å².